The van der Waals surface area contributed by atoms with Gasteiger partial charge in [-0.05, 0) is 19.3 Å². The minimum Gasteiger partial charge on any atom is -0.388 e. The van der Waals surface area contributed by atoms with E-state index in [0.29, 0.717) is 6.54 Å². The predicted octanol–water partition coefficient (Wildman–Crippen LogP) is 1.38. The highest BCUT2D eigenvalue weighted by atomic mass is 16.3. The van der Waals surface area contributed by atoms with Crippen molar-refractivity contribution in [2.45, 2.75) is 63.6 Å². The van der Waals surface area contributed by atoms with E-state index in [2.05, 4.69) is 17.2 Å². The van der Waals surface area contributed by atoms with Gasteiger partial charge in [0.15, 0.2) is 0 Å². The molecule has 2 rings (SSSR count). The summed E-state index contributed by atoms with van der Waals surface area (Å²) in [7, 11) is 0. The molecule has 1 aromatic rings. The van der Waals surface area contributed by atoms with E-state index < -0.39 is 5.60 Å². The lowest BCUT2D eigenvalue weighted by Gasteiger charge is -2.21. The molecule has 1 heterocycles. The summed E-state index contributed by atoms with van der Waals surface area (Å²) in [5.74, 6) is 0. The second kappa shape index (κ2) is 5.14. The van der Waals surface area contributed by atoms with E-state index in [0.717, 1.165) is 44.2 Å². The van der Waals surface area contributed by atoms with Gasteiger partial charge in [0.2, 0.25) is 0 Å². The molecule has 5 heteroatoms. The molecule has 0 amide bonds. The third-order valence-corrected chi connectivity index (χ3v) is 3.53. The fourth-order valence-electron chi connectivity index (χ4n) is 2.51. The molecule has 0 spiro atoms. The van der Waals surface area contributed by atoms with Gasteiger partial charge in [-0.3, -0.25) is 0 Å². The molecule has 1 unspecified atom stereocenters. The first kappa shape index (κ1) is 12.5. The molecule has 5 nitrogen and oxygen atoms in total. The molecular weight excluding hydrogens is 216 g/mol. The van der Waals surface area contributed by atoms with E-state index in [1.54, 1.807) is 4.68 Å². The average Bonchev–Trinajstić information content (AvgIpc) is 2.89. The van der Waals surface area contributed by atoms with E-state index >= 15 is 0 Å². The van der Waals surface area contributed by atoms with Crippen LogP contribution in [0.15, 0.2) is 6.20 Å². The topological polar surface area (TPSA) is 77.0 Å². The normalized spacial score (nSPS) is 20.6. The molecule has 17 heavy (non-hydrogen) atoms. The number of nitrogens with zero attached hydrogens (tertiary/aromatic N) is 3. The maximum atomic E-state index is 10.3. The second-order valence-electron chi connectivity index (χ2n) is 5.17. The quantitative estimate of drug-likeness (QED) is 0.812. The first-order valence-corrected chi connectivity index (χ1v) is 6.51. The van der Waals surface area contributed by atoms with Crippen LogP contribution in [0.1, 0.15) is 57.2 Å². The standard InChI is InChI=1S/C12H22N4O/c1-2-5-10(13)11-8-16(15-14-11)9-12(17)6-3-4-7-12/h8,10,17H,2-7,9,13H2,1H3. The Morgan fingerprint density at radius 1 is 1.53 bits per heavy atom. The van der Waals surface area contributed by atoms with Crippen molar-refractivity contribution in [2.75, 3.05) is 0 Å². The summed E-state index contributed by atoms with van der Waals surface area (Å²) in [5, 5.41) is 18.4. The smallest absolute Gasteiger partial charge is 0.0994 e. The molecule has 1 aliphatic carbocycles. The zero-order valence-electron chi connectivity index (χ0n) is 10.5. The molecule has 1 aromatic heterocycles. The zero-order chi connectivity index (χ0) is 12.3. The van der Waals surface area contributed by atoms with Crippen LogP contribution in [0.25, 0.3) is 0 Å². The molecule has 1 saturated carbocycles. The number of aromatic nitrogens is 3. The Labute approximate surface area is 102 Å². The van der Waals surface area contributed by atoms with Gasteiger partial charge in [0.05, 0.1) is 30.1 Å². The van der Waals surface area contributed by atoms with Crippen molar-refractivity contribution in [2.24, 2.45) is 5.73 Å². The Hall–Kier alpha value is -0.940. The summed E-state index contributed by atoms with van der Waals surface area (Å²) in [5.41, 5.74) is 6.23. The highest BCUT2D eigenvalue weighted by Gasteiger charge is 2.32. The molecule has 0 aliphatic heterocycles. The van der Waals surface area contributed by atoms with Gasteiger partial charge in [0, 0.05) is 0 Å². The lowest BCUT2D eigenvalue weighted by molar-refractivity contribution is 0.0260. The monoisotopic (exact) mass is 238 g/mol. The lowest BCUT2D eigenvalue weighted by Crippen LogP contribution is -2.30. The number of rotatable bonds is 5. The molecule has 96 valence electrons. The molecule has 1 fully saturated rings. The molecular formula is C12H22N4O. The number of nitrogens with two attached hydrogens (primary N) is 1. The van der Waals surface area contributed by atoms with Crippen molar-refractivity contribution in [3.05, 3.63) is 11.9 Å². The van der Waals surface area contributed by atoms with Crippen LogP contribution in [0, 0.1) is 0 Å². The fourth-order valence-corrected chi connectivity index (χ4v) is 2.51. The summed E-state index contributed by atoms with van der Waals surface area (Å²) in [6.45, 7) is 2.64. The van der Waals surface area contributed by atoms with Gasteiger partial charge < -0.3 is 10.8 Å². The molecule has 0 radical (unpaired) electrons. The Kier molecular flexibility index (Phi) is 3.79. The Morgan fingerprint density at radius 3 is 2.88 bits per heavy atom. The Bertz CT molecular complexity index is 357. The second-order valence-corrected chi connectivity index (χ2v) is 5.17. The van der Waals surface area contributed by atoms with Gasteiger partial charge in [-0.25, -0.2) is 4.68 Å². The predicted molar refractivity (Wildman–Crippen MR) is 65.3 cm³/mol. The highest BCUT2D eigenvalue weighted by molar-refractivity contribution is 5.00. The summed E-state index contributed by atoms with van der Waals surface area (Å²) in [4.78, 5) is 0. The fraction of sp³-hybridized carbons (Fsp3) is 0.833. The first-order chi connectivity index (χ1) is 8.13. The average molecular weight is 238 g/mol. The van der Waals surface area contributed by atoms with Crippen LogP contribution in [0.2, 0.25) is 0 Å². The summed E-state index contributed by atoms with van der Waals surface area (Å²) < 4.78 is 1.73. The van der Waals surface area contributed by atoms with Gasteiger partial charge >= 0.3 is 0 Å². The molecule has 0 aromatic carbocycles. The van der Waals surface area contributed by atoms with E-state index in [9.17, 15) is 5.11 Å². The summed E-state index contributed by atoms with van der Waals surface area (Å²) in [6.07, 6.45) is 7.77. The zero-order valence-corrected chi connectivity index (χ0v) is 10.5. The maximum Gasteiger partial charge on any atom is 0.0994 e. The van der Waals surface area contributed by atoms with E-state index in [4.69, 9.17) is 5.73 Å². The van der Waals surface area contributed by atoms with E-state index in [1.165, 1.54) is 0 Å². The van der Waals surface area contributed by atoms with Crippen molar-refractivity contribution in [1.29, 1.82) is 0 Å². The maximum absolute atomic E-state index is 10.3. The minimum atomic E-state index is -0.584. The number of hydrogen-bond donors (Lipinski definition) is 2. The summed E-state index contributed by atoms with van der Waals surface area (Å²) in [6, 6.07) is -0.0352. The van der Waals surface area contributed by atoms with Crippen molar-refractivity contribution < 1.29 is 5.11 Å². The molecule has 0 saturated heterocycles. The minimum absolute atomic E-state index is 0.0352. The van der Waals surface area contributed by atoms with E-state index in [1.807, 2.05) is 6.20 Å². The van der Waals surface area contributed by atoms with Crippen LogP contribution in [0.5, 0.6) is 0 Å². The molecule has 0 bridgehead atoms. The highest BCUT2D eigenvalue weighted by Crippen LogP contribution is 2.30. The number of hydrogen-bond acceptors (Lipinski definition) is 4. The van der Waals surface area contributed by atoms with Crippen LogP contribution < -0.4 is 5.73 Å². The van der Waals surface area contributed by atoms with E-state index in [-0.39, 0.29) is 6.04 Å². The van der Waals surface area contributed by atoms with Crippen LogP contribution in [-0.2, 0) is 6.54 Å². The number of aliphatic hydroxyl groups is 1. The molecule has 1 aliphatic rings. The third kappa shape index (κ3) is 3.04. The van der Waals surface area contributed by atoms with Gasteiger partial charge in [0.25, 0.3) is 0 Å². The van der Waals surface area contributed by atoms with Crippen LogP contribution in [0.4, 0.5) is 0 Å². The van der Waals surface area contributed by atoms with Gasteiger partial charge in [0.1, 0.15) is 0 Å². The van der Waals surface area contributed by atoms with Crippen LogP contribution in [-0.4, -0.2) is 25.7 Å². The Morgan fingerprint density at radius 2 is 2.24 bits per heavy atom. The van der Waals surface area contributed by atoms with Crippen molar-refractivity contribution in [3.8, 4) is 0 Å². The van der Waals surface area contributed by atoms with Gasteiger partial charge in [-0.1, -0.05) is 31.4 Å². The lowest BCUT2D eigenvalue weighted by atomic mass is 10.0. The van der Waals surface area contributed by atoms with Crippen LogP contribution >= 0.6 is 0 Å². The van der Waals surface area contributed by atoms with Gasteiger partial charge in [-0.15, -0.1) is 5.10 Å². The third-order valence-electron chi connectivity index (χ3n) is 3.53. The van der Waals surface area contributed by atoms with Crippen molar-refractivity contribution >= 4 is 0 Å². The van der Waals surface area contributed by atoms with Crippen molar-refractivity contribution in [3.63, 3.8) is 0 Å². The van der Waals surface area contributed by atoms with Gasteiger partial charge in [-0.2, -0.15) is 0 Å². The SMILES string of the molecule is CCCC(N)c1cn(CC2(O)CCCC2)nn1. The molecule has 3 N–H and O–H groups in total. The Balaban J connectivity index is 1.98. The van der Waals surface area contributed by atoms with Crippen LogP contribution in [0.3, 0.4) is 0 Å². The largest absolute Gasteiger partial charge is 0.388 e. The summed E-state index contributed by atoms with van der Waals surface area (Å²) >= 11 is 0. The van der Waals surface area contributed by atoms with Crippen molar-refractivity contribution in [1.82, 2.24) is 15.0 Å². The first-order valence-electron chi connectivity index (χ1n) is 6.51. The molecule has 1 atom stereocenters.